The number of hydrogen-bond donors (Lipinski definition) is 1. The van der Waals surface area contributed by atoms with Crippen LogP contribution in [0.4, 0.5) is 14.5 Å². The van der Waals surface area contributed by atoms with Crippen molar-refractivity contribution in [3.63, 3.8) is 0 Å². The quantitative estimate of drug-likeness (QED) is 0.837. The molecular weight excluding hydrogens is 376 g/mol. The Bertz CT molecular complexity index is 900. The predicted molar refractivity (Wildman–Crippen MR) is 107 cm³/mol. The van der Waals surface area contributed by atoms with Gasteiger partial charge in [-0.3, -0.25) is 9.69 Å². The monoisotopic (exact) mass is 401 g/mol. The van der Waals surface area contributed by atoms with Crippen molar-refractivity contribution in [2.24, 2.45) is 0 Å². The van der Waals surface area contributed by atoms with Crippen LogP contribution < -0.4 is 10.2 Å². The highest BCUT2D eigenvalue weighted by molar-refractivity contribution is 5.94. The van der Waals surface area contributed by atoms with Gasteiger partial charge in [-0.15, -0.1) is 0 Å². The fraction of sp³-hybridized carbons (Fsp3) is 0.409. The van der Waals surface area contributed by atoms with E-state index in [1.54, 1.807) is 0 Å². The van der Waals surface area contributed by atoms with E-state index in [0.717, 1.165) is 43.8 Å². The number of morpholine rings is 1. The standard InChI is InChI=1S/C22H25F2N3O2/c1-26-7-6-16-12-15(3-5-20(16)26)21(27-8-10-29-11-9-27)14-25-22(28)17-2-4-18(23)19(24)13-17/h2-5,12-13,21H,6-11,14H2,1H3,(H,25,28)/t21-/m0/s1. The van der Waals surface area contributed by atoms with E-state index in [-0.39, 0.29) is 11.6 Å². The maximum atomic E-state index is 13.5. The van der Waals surface area contributed by atoms with Crippen molar-refractivity contribution in [2.75, 3.05) is 51.3 Å². The summed E-state index contributed by atoms with van der Waals surface area (Å²) in [6.45, 7) is 4.26. The van der Waals surface area contributed by atoms with Crippen molar-refractivity contribution in [3.8, 4) is 0 Å². The van der Waals surface area contributed by atoms with Crippen LogP contribution in [0, 0.1) is 11.6 Å². The molecule has 1 atom stereocenters. The van der Waals surface area contributed by atoms with Crippen molar-refractivity contribution >= 4 is 11.6 Å². The Morgan fingerprint density at radius 3 is 2.66 bits per heavy atom. The average Bonchev–Trinajstić information content (AvgIpc) is 3.11. The number of amides is 1. The Morgan fingerprint density at radius 1 is 1.10 bits per heavy atom. The molecule has 0 radical (unpaired) electrons. The fourth-order valence-electron chi connectivity index (χ4n) is 4.07. The summed E-state index contributed by atoms with van der Waals surface area (Å²) < 4.78 is 32.1. The minimum atomic E-state index is -1.02. The maximum Gasteiger partial charge on any atom is 0.251 e. The molecule has 0 bridgehead atoms. The first-order valence-electron chi connectivity index (χ1n) is 9.92. The van der Waals surface area contributed by atoms with Gasteiger partial charge in [-0.1, -0.05) is 12.1 Å². The largest absolute Gasteiger partial charge is 0.379 e. The molecule has 0 aromatic heterocycles. The first-order valence-corrected chi connectivity index (χ1v) is 9.92. The zero-order valence-electron chi connectivity index (χ0n) is 16.5. The van der Waals surface area contributed by atoms with Gasteiger partial charge in [0.2, 0.25) is 0 Å². The summed E-state index contributed by atoms with van der Waals surface area (Å²) in [5.74, 6) is -2.40. The zero-order chi connectivity index (χ0) is 20.4. The van der Waals surface area contributed by atoms with E-state index in [0.29, 0.717) is 19.8 Å². The smallest absolute Gasteiger partial charge is 0.251 e. The van der Waals surface area contributed by atoms with Crippen molar-refractivity contribution < 1.29 is 18.3 Å². The third-order valence-electron chi connectivity index (χ3n) is 5.74. The highest BCUT2D eigenvalue weighted by Crippen LogP contribution is 2.31. The lowest BCUT2D eigenvalue weighted by Gasteiger charge is -2.35. The number of fused-ring (bicyclic) bond motifs is 1. The van der Waals surface area contributed by atoms with Crippen molar-refractivity contribution in [3.05, 3.63) is 64.7 Å². The summed E-state index contributed by atoms with van der Waals surface area (Å²) in [5, 5.41) is 2.90. The van der Waals surface area contributed by atoms with Gasteiger partial charge in [0.15, 0.2) is 11.6 Å². The lowest BCUT2D eigenvalue weighted by molar-refractivity contribution is 0.0162. The average molecular weight is 401 g/mol. The van der Waals surface area contributed by atoms with Gasteiger partial charge in [-0.2, -0.15) is 0 Å². The normalized spacial score (nSPS) is 17.8. The number of nitrogens with zero attached hydrogens (tertiary/aromatic N) is 2. The van der Waals surface area contributed by atoms with E-state index in [1.165, 1.54) is 17.3 Å². The molecule has 2 aromatic carbocycles. The summed E-state index contributed by atoms with van der Waals surface area (Å²) in [5.41, 5.74) is 3.82. The predicted octanol–water partition coefficient (Wildman–Crippen LogP) is 2.76. The molecule has 1 N–H and O–H groups in total. The van der Waals surface area contributed by atoms with Crippen molar-refractivity contribution in [2.45, 2.75) is 12.5 Å². The molecule has 7 heteroatoms. The summed E-state index contributed by atoms with van der Waals surface area (Å²) in [7, 11) is 2.09. The Morgan fingerprint density at radius 2 is 1.90 bits per heavy atom. The van der Waals surface area contributed by atoms with Gasteiger partial charge in [0.25, 0.3) is 5.91 Å². The summed E-state index contributed by atoms with van der Waals surface area (Å²) >= 11 is 0. The topological polar surface area (TPSA) is 44.8 Å². The van der Waals surface area contributed by atoms with Gasteiger partial charge in [0.05, 0.1) is 19.3 Å². The second-order valence-electron chi connectivity index (χ2n) is 7.56. The zero-order valence-corrected chi connectivity index (χ0v) is 16.5. The number of likely N-dealkylation sites (N-methyl/N-ethyl adjacent to an activating group) is 1. The lowest BCUT2D eigenvalue weighted by atomic mass is 10.00. The second kappa shape index (κ2) is 8.47. The van der Waals surface area contributed by atoms with Crippen molar-refractivity contribution in [1.82, 2.24) is 10.2 Å². The molecule has 1 fully saturated rings. The molecule has 0 aliphatic carbocycles. The molecule has 2 aliphatic rings. The Kier molecular flexibility index (Phi) is 5.78. The summed E-state index contributed by atoms with van der Waals surface area (Å²) in [6, 6.07) is 9.67. The lowest BCUT2D eigenvalue weighted by Crippen LogP contribution is -2.43. The van der Waals surface area contributed by atoms with Crippen LogP contribution in [0.5, 0.6) is 0 Å². The molecule has 2 aliphatic heterocycles. The third-order valence-corrected chi connectivity index (χ3v) is 5.74. The molecule has 2 aromatic rings. The van der Waals surface area contributed by atoms with E-state index in [4.69, 9.17) is 4.74 Å². The Hall–Kier alpha value is -2.51. The van der Waals surface area contributed by atoms with Gasteiger partial charge in [0.1, 0.15) is 0 Å². The molecule has 29 heavy (non-hydrogen) atoms. The van der Waals surface area contributed by atoms with Gasteiger partial charge in [-0.25, -0.2) is 8.78 Å². The minimum absolute atomic E-state index is 0.00986. The van der Waals surface area contributed by atoms with E-state index in [9.17, 15) is 13.6 Å². The van der Waals surface area contributed by atoms with Gasteiger partial charge >= 0.3 is 0 Å². The Labute approximate surface area is 169 Å². The van der Waals surface area contributed by atoms with Crippen LogP contribution in [0.15, 0.2) is 36.4 Å². The second-order valence-corrected chi connectivity index (χ2v) is 7.56. The number of hydrogen-bond acceptors (Lipinski definition) is 4. The molecule has 0 saturated carbocycles. The number of halogens is 2. The molecule has 1 amide bonds. The molecule has 1 saturated heterocycles. The number of benzene rings is 2. The molecular formula is C22H25F2N3O2. The summed E-state index contributed by atoms with van der Waals surface area (Å²) in [6.07, 6.45) is 1.01. The van der Waals surface area contributed by atoms with Gasteiger partial charge in [0, 0.05) is 44.5 Å². The van der Waals surface area contributed by atoms with Crippen LogP contribution in [0.2, 0.25) is 0 Å². The molecule has 0 unspecified atom stereocenters. The molecule has 2 heterocycles. The fourth-order valence-corrected chi connectivity index (χ4v) is 4.07. The van der Waals surface area contributed by atoms with E-state index < -0.39 is 17.5 Å². The van der Waals surface area contributed by atoms with Crippen LogP contribution >= 0.6 is 0 Å². The highest BCUT2D eigenvalue weighted by atomic mass is 19.2. The number of carbonyl (C=O) groups excluding carboxylic acids is 1. The maximum absolute atomic E-state index is 13.5. The number of nitrogens with one attached hydrogen (secondary N) is 1. The number of rotatable bonds is 5. The van der Waals surface area contributed by atoms with Gasteiger partial charge < -0.3 is 15.0 Å². The first-order chi connectivity index (χ1) is 14.0. The number of anilines is 1. The van der Waals surface area contributed by atoms with Crippen LogP contribution in [0.25, 0.3) is 0 Å². The SMILES string of the molecule is CN1CCc2cc([C@H](CNC(=O)c3ccc(F)c(F)c3)N3CCOCC3)ccc21. The third kappa shape index (κ3) is 4.26. The minimum Gasteiger partial charge on any atom is -0.379 e. The van der Waals surface area contributed by atoms with Crippen molar-refractivity contribution in [1.29, 1.82) is 0 Å². The molecule has 154 valence electrons. The Balaban J connectivity index is 1.53. The van der Waals surface area contributed by atoms with Crippen LogP contribution in [0.1, 0.15) is 27.5 Å². The molecule has 0 spiro atoms. The highest BCUT2D eigenvalue weighted by Gasteiger charge is 2.25. The van der Waals surface area contributed by atoms with Crippen LogP contribution in [-0.2, 0) is 11.2 Å². The number of carbonyl (C=O) groups is 1. The summed E-state index contributed by atoms with van der Waals surface area (Å²) in [4.78, 5) is 17.1. The van der Waals surface area contributed by atoms with E-state index in [1.807, 2.05) is 0 Å². The molecule has 5 nitrogen and oxygen atoms in total. The van der Waals surface area contributed by atoms with E-state index in [2.05, 4.69) is 40.4 Å². The van der Waals surface area contributed by atoms with Gasteiger partial charge in [-0.05, 0) is 41.8 Å². The van der Waals surface area contributed by atoms with Crippen LogP contribution in [0.3, 0.4) is 0 Å². The van der Waals surface area contributed by atoms with Crippen LogP contribution in [-0.4, -0.2) is 57.2 Å². The number of ether oxygens (including phenoxy) is 1. The molecule has 4 rings (SSSR count). The van der Waals surface area contributed by atoms with E-state index >= 15 is 0 Å². The first kappa shape index (κ1) is 19.8.